The SMILES string of the molecule is CC(C)(/C=C/B1OC(=O)C(=O)O1)C(=O)OCc1ccccc1. The minimum Gasteiger partial charge on any atom is -0.487 e. The second-order valence-electron chi connectivity index (χ2n) is 5.32. The van der Waals surface area contributed by atoms with Gasteiger partial charge in [0.1, 0.15) is 6.61 Å². The van der Waals surface area contributed by atoms with Crippen LogP contribution in [0.4, 0.5) is 0 Å². The zero-order valence-corrected chi connectivity index (χ0v) is 12.3. The molecule has 2 rings (SSSR count). The van der Waals surface area contributed by atoms with Crippen LogP contribution in [0, 0.1) is 5.41 Å². The summed E-state index contributed by atoms with van der Waals surface area (Å²) in [7, 11) is -1.10. The van der Waals surface area contributed by atoms with Crippen molar-refractivity contribution in [2.75, 3.05) is 0 Å². The fourth-order valence-electron chi connectivity index (χ4n) is 1.71. The van der Waals surface area contributed by atoms with Crippen molar-refractivity contribution in [1.29, 1.82) is 0 Å². The van der Waals surface area contributed by atoms with E-state index in [0.717, 1.165) is 5.56 Å². The predicted octanol–water partition coefficient (Wildman–Crippen LogP) is 1.44. The topological polar surface area (TPSA) is 78.9 Å². The lowest BCUT2D eigenvalue weighted by atomic mass is 9.83. The van der Waals surface area contributed by atoms with Gasteiger partial charge in [0.2, 0.25) is 0 Å². The highest BCUT2D eigenvalue weighted by atomic mass is 16.7. The Bertz CT molecular complexity index is 592. The van der Waals surface area contributed by atoms with Gasteiger partial charge >= 0.3 is 25.0 Å². The first-order valence-corrected chi connectivity index (χ1v) is 6.70. The van der Waals surface area contributed by atoms with Crippen molar-refractivity contribution < 1.29 is 28.4 Å². The van der Waals surface area contributed by atoms with Gasteiger partial charge in [-0.25, -0.2) is 9.59 Å². The van der Waals surface area contributed by atoms with Crippen molar-refractivity contribution in [3.8, 4) is 0 Å². The van der Waals surface area contributed by atoms with Gasteiger partial charge in [-0.15, -0.1) is 0 Å². The summed E-state index contributed by atoms with van der Waals surface area (Å²) in [6, 6.07) is 9.30. The molecule has 1 aromatic carbocycles. The molecule has 6 nitrogen and oxygen atoms in total. The van der Waals surface area contributed by atoms with E-state index in [2.05, 4.69) is 9.31 Å². The van der Waals surface area contributed by atoms with Crippen LogP contribution in [0.2, 0.25) is 0 Å². The van der Waals surface area contributed by atoms with Crippen molar-refractivity contribution in [2.24, 2.45) is 5.41 Å². The van der Waals surface area contributed by atoms with Gasteiger partial charge in [-0.1, -0.05) is 36.4 Å². The molecule has 1 fully saturated rings. The van der Waals surface area contributed by atoms with Crippen LogP contribution < -0.4 is 0 Å². The number of ether oxygens (including phenoxy) is 1. The van der Waals surface area contributed by atoms with E-state index in [-0.39, 0.29) is 6.61 Å². The van der Waals surface area contributed by atoms with Crippen LogP contribution in [-0.2, 0) is 35.0 Å². The Morgan fingerprint density at radius 1 is 1.18 bits per heavy atom. The molecule has 0 spiro atoms. The maximum Gasteiger partial charge on any atom is 0.629 e. The lowest BCUT2D eigenvalue weighted by Gasteiger charge is -2.18. The first-order valence-electron chi connectivity index (χ1n) is 6.70. The van der Waals surface area contributed by atoms with E-state index in [1.54, 1.807) is 13.8 Å². The summed E-state index contributed by atoms with van der Waals surface area (Å²) >= 11 is 0. The van der Waals surface area contributed by atoms with Gasteiger partial charge in [0.25, 0.3) is 0 Å². The average molecular weight is 302 g/mol. The molecule has 0 bridgehead atoms. The summed E-state index contributed by atoms with van der Waals surface area (Å²) in [5.74, 6) is -1.19. The zero-order valence-electron chi connectivity index (χ0n) is 12.3. The van der Waals surface area contributed by atoms with Gasteiger partial charge in [-0.05, 0) is 25.4 Å². The van der Waals surface area contributed by atoms with Gasteiger partial charge < -0.3 is 14.0 Å². The van der Waals surface area contributed by atoms with E-state index in [1.807, 2.05) is 30.3 Å². The van der Waals surface area contributed by atoms with Gasteiger partial charge in [0.05, 0.1) is 5.41 Å². The number of rotatable bonds is 5. The van der Waals surface area contributed by atoms with Gasteiger partial charge in [0, 0.05) is 0 Å². The third-order valence-electron chi connectivity index (χ3n) is 3.02. The van der Waals surface area contributed by atoms with E-state index in [4.69, 9.17) is 4.74 Å². The molecule has 0 amide bonds. The minimum absolute atomic E-state index is 0.171. The van der Waals surface area contributed by atoms with Gasteiger partial charge in [-0.2, -0.15) is 0 Å². The van der Waals surface area contributed by atoms with Crippen LogP contribution in [0.3, 0.4) is 0 Å². The molecule has 0 radical (unpaired) electrons. The highest BCUT2D eigenvalue weighted by Crippen LogP contribution is 2.21. The Kier molecular flexibility index (Phi) is 4.65. The van der Waals surface area contributed by atoms with Crippen LogP contribution in [-0.4, -0.2) is 25.0 Å². The van der Waals surface area contributed by atoms with E-state index in [9.17, 15) is 14.4 Å². The molecular formula is C15H15BO6. The summed E-state index contributed by atoms with van der Waals surface area (Å²) < 4.78 is 14.5. The van der Waals surface area contributed by atoms with Crippen molar-refractivity contribution >= 4 is 25.0 Å². The number of carbonyl (C=O) groups is 3. The number of esters is 1. The normalized spacial score (nSPS) is 14.9. The smallest absolute Gasteiger partial charge is 0.487 e. The molecule has 0 unspecified atom stereocenters. The standard InChI is InChI=1S/C15H15BO6/c1-15(2,8-9-16-21-12(17)13(18)22-16)14(19)20-10-11-6-4-3-5-7-11/h3-9H,10H2,1-2H3/b9-8+. The van der Waals surface area contributed by atoms with E-state index < -0.39 is 30.4 Å². The lowest BCUT2D eigenvalue weighted by molar-refractivity contribution is -0.152. The fourth-order valence-corrected chi connectivity index (χ4v) is 1.71. The molecule has 1 heterocycles. The van der Waals surface area contributed by atoms with Crippen LogP contribution in [0.1, 0.15) is 19.4 Å². The monoisotopic (exact) mass is 302 g/mol. The summed E-state index contributed by atoms with van der Waals surface area (Å²) in [5, 5.41) is 0. The highest BCUT2D eigenvalue weighted by molar-refractivity contribution is 6.63. The molecule has 0 aliphatic carbocycles. The Labute approximate surface area is 128 Å². The summed E-state index contributed by atoms with van der Waals surface area (Å²) in [6.07, 6.45) is 1.48. The number of carbonyl (C=O) groups excluding carboxylic acids is 3. The molecule has 1 saturated heterocycles. The summed E-state index contributed by atoms with van der Waals surface area (Å²) in [4.78, 5) is 33.8. The highest BCUT2D eigenvalue weighted by Gasteiger charge is 2.39. The quantitative estimate of drug-likeness (QED) is 0.465. The Balaban J connectivity index is 1.90. The van der Waals surface area contributed by atoms with E-state index in [1.165, 1.54) is 12.1 Å². The van der Waals surface area contributed by atoms with Crippen molar-refractivity contribution in [3.05, 3.63) is 47.9 Å². The molecule has 22 heavy (non-hydrogen) atoms. The van der Waals surface area contributed by atoms with Gasteiger partial charge in [0.15, 0.2) is 0 Å². The largest absolute Gasteiger partial charge is 0.629 e. The second kappa shape index (κ2) is 6.47. The molecule has 1 aliphatic rings. The number of hydrogen-bond acceptors (Lipinski definition) is 6. The first-order chi connectivity index (χ1) is 10.4. The summed E-state index contributed by atoms with van der Waals surface area (Å²) in [6.45, 7) is 3.47. The van der Waals surface area contributed by atoms with Crippen LogP contribution in [0.5, 0.6) is 0 Å². The Morgan fingerprint density at radius 3 is 2.36 bits per heavy atom. The fraction of sp³-hybridized carbons (Fsp3) is 0.267. The zero-order chi connectivity index (χ0) is 16.2. The maximum atomic E-state index is 12.1. The van der Waals surface area contributed by atoms with Crippen molar-refractivity contribution in [2.45, 2.75) is 20.5 Å². The maximum absolute atomic E-state index is 12.1. The third-order valence-corrected chi connectivity index (χ3v) is 3.02. The molecule has 0 aromatic heterocycles. The predicted molar refractivity (Wildman–Crippen MR) is 77.1 cm³/mol. The molecule has 0 N–H and O–H groups in total. The Hall–Kier alpha value is -2.57. The molecule has 114 valence electrons. The van der Waals surface area contributed by atoms with Crippen molar-refractivity contribution in [3.63, 3.8) is 0 Å². The minimum atomic E-state index is -1.10. The van der Waals surface area contributed by atoms with Crippen LogP contribution in [0.15, 0.2) is 42.4 Å². The lowest BCUT2D eigenvalue weighted by Crippen LogP contribution is -2.25. The molecule has 1 aromatic rings. The summed E-state index contributed by atoms with van der Waals surface area (Å²) in [5.41, 5.74) is -0.0646. The van der Waals surface area contributed by atoms with Crippen LogP contribution >= 0.6 is 0 Å². The molecular weight excluding hydrogens is 287 g/mol. The molecule has 7 heteroatoms. The molecule has 0 atom stereocenters. The molecule has 1 aliphatic heterocycles. The van der Waals surface area contributed by atoms with Gasteiger partial charge in [-0.3, -0.25) is 4.79 Å². The number of benzene rings is 1. The second-order valence-corrected chi connectivity index (χ2v) is 5.32. The van der Waals surface area contributed by atoms with E-state index in [0.29, 0.717) is 0 Å². The first kappa shape index (κ1) is 15.8. The number of hydrogen-bond donors (Lipinski definition) is 0. The van der Waals surface area contributed by atoms with E-state index >= 15 is 0 Å². The third kappa shape index (κ3) is 3.97. The Morgan fingerprint density at radius 2 is 1.77 bits per heavy atom. The van der Waals surface area contributed by atoms with Crippen LogP contribution in [0.25, 0.3) is 0 Å². The van der Waals surface area contributed by atoms with Crippen molar-refractivity contribution in [1.82, 2.24) is 0 Å². The molecule has 0 saturated carbocycles. The average Bonchev–Trinajstić information content (AvgIpc) is 2.82.